The number of hydrogen-bond acceptors (Lipinski definition) is 5. The second-order valence-electron chi connectivity index (χ2n) is 7.56. The molecule has 1 aliphatic heterocycles. The molecule has 0 bridgehead atoms. The molecular weight excluding hydrogens is 331 g/mol. The van der Waals surface area contributed by atoms with Gasteiger partial charge in [-0.2, -0.15) is 5.10 Å². The van der Waals surface area contributed by atoms with E-state index in [0.717, 1.165) is 31.4 Å². The van der Waals surface area contributed by atoms with Gasteiger partial charge in [0, 0.05) is 38.1 Å². The van der Waals surface area contributed by atoms with E-state index < -0.39 is 0 Å². The molecule has 4 heterocycles. The predicted octanol–water partition coefficient (Wildman–Crippen LogP) is 3.45. The number of anilines is 1. The Balaban J connectivity index is 0.00000210. The first-order valence-electron chi connectivity index (χ1n) is 8.97. The molecule has 6 nitrogen and oxygen atoms in total. The van der Waals surface area contributed by atoms with Crippen molar-refractivity contribution in [3.05, 3.63) is 36.3 Å². The first kappa shape index (κ1) is 16.9. The van der Waals surface area contributed by atoms with E-state index in [1.54, 1.807) is 18.3 Å². The first-order chi connectivity index (χ1) is 12.6. The summed E-state index contributed by atoms with van der Waals surface area (Å²) in [5.41, 5.74) is 1.61. The smallest absolute Gasteiger partial charge is 0.181 e. The van der Waals surface area contributed by atoms with Gasteiger partial charge in [0.2, 0.25) is 0 Å². The summed E-state index contributed by atoms with van der Waals surface area (Å²) in [6, 6.07) is 6.80. The molecule has 0 aromatic carbocycles. The zero-order valence-corrected chi connectivity index (χ0v) is 15.0. The lowest BCUT2D eigenvalue weighted by Gasteiger charge is -2.44. The van der Waals surface area contributed by atoms with Crippen LogP contribution in [0.2, 0.25) is 0 Å². The maximum Gasteiger partial charge on any atom is 0.181 e. The maximum absolute atomic E-state index is 14.4. The molecule has 0 unspecified atom stereocenters. The Morgan fingerprint density at radius 2 is 2.15 bits per heavy atom. The van der Waals surface area contributed by atoms with E-state index in [4.69, 9.17) is 0 Å². The summed E-state index contributed by atoms with van der Waals surface area (Å²) in [6.45, 7) is 7.31. The number of aromatic nitrogens is 4. The van der Waals surface area contributed by atoms with Crippen molar-refractivity contribution in [3.63, 3.8) is 0 Å². The zero-order valence-electron chi connectivity index (χ0n) is 15.0. The Bertz CT molecular complexity index is 921. The number of fused-ring (bicyclic) bond motifs is 1. The Labute approximate surface area is 153 Å². The van der Waals surface area contributed by atoms with Gasteiger partial charge in [0.15, 0.2) is 11.5 Å². The van der Waals surface area contributed by atoms with Crippen molar-refractivity contribution in [2.24, 2.45) is 11.3 Å². The van der Waals surface area contributed by atoms with Crippen LogP contribution in [0.5, 0.6) is 0 Å². The standard InChI is InChI=1S/C19H23FN6.H2/c1-12(2)8-19(9-21-10-19)11-23-15-6-5-14(20)17(24-15)16-13-4-3-7-22-18(13)26-25-16;/h3-7,12,21H,8-11H2,1-2H3,(H,23,24)(H,22,25,26);1H. The first-order valence-corrected chi connectivity index (χ1v) is 8.97. The van der Waals surface area contributed by atoms with E-state index >= 15 is 0 Å². The lowest BCUT2D eigenvalue weighted by Crippen LogP contribution is -2.57. The monoisotopic (exact) mass is 356 g/mol. The fourth-order valence-corrected chi connectivity index (χ4v) is 3.71. The second kappa shape index (κ2) is 6.64. The van der Waals surface area contributed by atoms with Gasteiger partial charge in [0.1, 0.15) is 11.5 Å². The highest BCUT2D eigenvalue weighted by molar-refractivity contribution is 5.89. The molecule has 7 heteroatoms. The number of rotatable bonds is 6. The molecule has 26 heavy (non-hydrogen) atoms. The van der Waals surface area contributed by atoms with Crippen molar-refractivity contribution in [2.45, 2.75) is 20.3 Å². The molecule has 0 amide bonds. The molecular formula is C19H25FN6. The molecule has 0 spiro atoms. The summed E-state index contributed by atoms with van der Waals surface area (Å²) in [6.07, 6.45) is 2.81. The minimum atomic E-state index is -0.382. The van der Waals surface area contributed by atoms with Crippen LogP contribution in [0.25, 0.3) is 22.4 Å². The van der Waals surface area contributed by atoms with E-state index in [-0.39, 0.29) is 18.4 Å². The van der Waals surface area contributed by atoms with Crippen molar-refractivity contribution < 1.29 is 5.82 Å². The summed E-state index contributed by atoms with van der Waals surface area (Å²) in [4.78, 5) is 8.68. The number of pyridine rings is 2. The molecule has 0 radical (unpaired) electrons. The zero-order chi connectivity index (χ0) is 18.1. The van der Waals surface area contributed by atoms with Gasteiger partial charge in [-0.05, 0) is 36.6 Å². The highest BCUT2D eigenvalue weighted by Crippen LogP contribution is 2.32. The molecule has 1 aliphatic rings. The second-order valence-corrected chi connectivity index (χ2v) is 7.56. The maximum atomic E-state index is 14.4. The van der Waals surface area contributed by atoms with E-state index in [2.05, 4.69) is 44.6 Å². The van der Waals surface area contributed by atoms with Crippen LogP contribution >= 0.6 is 0 Å². The third-order valence-corrected chi connectivity index (χ3v) is 4.90. The van der Waals surface area contributed by atoms with Gasteiger partial charge in [0.05, 0.1) is 5.69 Å². The minimum absolute atomic E-state index is 0. The fourth-order valence-electron chi connectivity index (χ4n) is 3.71. The van der Waals surface area contributed by atoms with Crippen LogP contribution in [0.1, 0.15) is 21.7 Å². The van der Waals surface area contributed by atoms with Gasteiger partial charge in [0.25, 0.3) is 0 Å². The van der Waals surface area contributed by atoms with Crippen LogP contribution in [-0.4, -0.2) is 39.8 Å². The molecule has 138 valence electrons. The van der Waals surface area contributed by atoms with E-state index in [9.17, 15) is 4.39 Å². The van der Waals surface area contributed by atoms with Crippen LogP contribution in [0, 0.1) is 17.2 Å². The Kier molecular flexibility index (Phi) is 4.32. The summed E-state index contributed by atoms with van der Waals surface area (Å²) >= 11 is 0. The highest BCUT2D eigenvalue weighted by atomic mass is 19.1. The van der Waals surface area contributed by atoms with Crippen LogP contribution in [0.4, 0.5) is 10.2 Å². The molecule has 0 aliphatic carbocycles. The van der Waals surface area contributed by atoms with Gasteiger partial charge in [-0.25, -0.2) is 14.4 Å². The molecule has 3 aromatic rings. The Morgan fingerprint density at radius 3 is 2.88 bits per heavy atom. The van der Waals surface area contributed by atoms with Crippen LogP contribution < -0.4 is 10.6 Å². The summed E-state index contributed by atoms with van der Waals surface area (Å²) < 4.78 is 14.4. The predicted molar refractivity (Wildman–Crippen MR) is 102 cm³/mol. The molecule has 1 fully saturated rings. The quantitative estimate of drug-likeness (QED) is 0.630. The van der Waals surface area contributed by atoms with Crippen LogP contribution in [-0.2, 0) is 0 Å². The fraction of sp³-hybridized carbons (Fsp3) is 0.421. The normalized spacial score (nSPS) is 16.0. The summed E-state index contributed by atoms with van der Waals surface area (Å²) in [7, 11) is 0. The lowest BCUT2D eigenvalue weighted by atomic mass is 9.75. The average molecular weight is 356 g/mol. The number of halogens is 1. The average Bonchev–Trinajstić information content (AvgIpc) is 3.02. The summed E-state index contributed by atoms with van der Waals surface area (Å²) in [5.74, 6) is 0.926. The van der Waals surface area contributed by atoms with Crippen molar-refractivity contribution >= 4 is 16.9 Å². The Hall–Kier alpha value is -2.54. The Morgan fingerprint density at radius 1 is 1.31 bits per heavy atom. The van der Waals surface area contributed by atoms with Gasteiger partial charge < -0.3 is 10.6 Å². The lowest BCUT2D eigenvalue weighted by molar-refractivity contribution is 0.147. The minimum Gasteiger partial charge on any atom is -0.369 e. The van der Waals surface area contributed by atoms with Crippen molar-refractivity contribution in [2.75, 3.05) is 25.0 Å². The molecule has 3 aromatic heterocycles. The van der Waals surface area contributed by atoms with Crippen LogP contribution in [0.3, 0.4) is 0 Å². The van der Waals surface area contributed by atoms with E-state index in [1.165, 1.54) is 6.07 Å². The third-order valence-electron chi connectivity index (χ3n) is 4.90. The van der Waals surface area contributed by atoms with Crippen molar-refractivity contribution in [1.82, 2.24) is 25.5 Å². The topological polar surface area (TPSA) is 78.5 Å². The van der Waals surface area contributed by atoms with E-state index in [1.807, 2.05) is 6.07 Å². The summed E-state index contributed by atoms with van der Waals surface area (Å²) in [5, 5.41) is 14.5. The van der Waals surface area contributed by atoms with Gasteiger partial charge in [-0.15, -0.1) is 0 Å². The number of hydrogen-bond donors (Lipinski definition) is 3. The molecule has 0 saturated carbocycles. The number of nitrogens with zero attached hydrogens (tertiary/aromatic N) is 3. The molecule has 3 N–H and O–H groups in total. The highest BCUT2D eigenvalue weighted by Gasteiger charge is 2.37. The molecule has 1 saturated heterocycles. The molecule has 4 rings (SSSR count). The molecule has 0 atom stereocenters. The number of nitrogens with one attached hydrogen (secondary N) is 3. The van der Waals surface area contributed by atoms with Gasteiger partial charge in [-0.1, -0.05) is 13.8 Å². The van der Waals surface area contributed by atoms with E-state index in [0.29, 0.717) is 23.1 Å². The SMILES string of the molecule is CC(C)CC1(CNc2ccc(F)c(-c3[nH]nc4ncccc34)n2)CNC1.[HH]. The van der Waals surface area contributed by atoms with Crippen molar-refractivity contribution in [3.8, 4) is 11.4 Å². The largest absolute Gasteiger partial charge is 0.369 e. The third kappa shape index (κ3) is 3.14. The van der Waals surface area contributed by atoms with Crippen LogP contribution in [0.15, 0.2) is 30.5 Å². The number of H-pyrrole nitrogens is 1. The van der Waals surface area contributed by atoms with Gasteiger partial charge >= 0.3 is 0 Å². The van der Waals surface area contributed by atoms with Gasteiger partial charge in [-0.3, -0.25) is 5.10 Å². The number of aromatic amines is 1. The van der Waals surface area contributed by atoms with Crippen molar-refractivity contribution in [1.29, 1.82) is 0 Å².